The highest BCUT2D eigenvalue weighted by Crippen LogP contribution is 2.16. The second-order valence-corrected chi connectivity index (χ2v) is 3.33. The van der Waals surface area contributed by atoms with Crippen molar-refractivity contribution in [2.75, 3.05) is 14.2 Å². The lowest BCUT2D eigenvalue weighted by Crippen LogP contribution is -2.13. The van der Waals surface area contributed by atoms with Crippen LogP contribution in [0.3, 0.4) is 0 Å². The van der Waals surface area contributed by atoms with Gasteiger partial charge in [-0.25, -0.2) is 0 Å². The summed E-state index contributed by atoms with van der Waals surface area (Å²) in [4.78, 5) is 22.1. The largest absolute Gasteiger partial charge is 0.497 e. The molecular weight excluding hydrogens is 234 g/mol. The van der Waals surface area contributed by atoms with Crippen molar-refractivity contribution in [1.82, 2.24) is 0 Å². The average molecular weight is 247 g/mol. The summed E-state index contributed by atoms with van der Waals surface area (Å²) in [6, 6.07) is 4.78. The Morgan fingerprint density at radius 2 is 2.06 bits per heavy atom. The van der Waals surface area contributed by atoms with Crippen LogP contribution in [0.15, 0.2) is 18.2 Å². The second kappa shape index (κ2) is 6.30. The molecule has 0 bridgehead atoms. The van der Waals surface area contributed by atoms with Crippen LogP contribution in [0.1, 0.15) is 22.3 Å². The fourth-order valence-corrected chi connectivity index (χ4v) is 1.25. The molecule has 2 N–H and O–H groups in total. The van der Waals surface area contributed by atoms with E-state index in [-0.39, 0.29) is 12.0 Å². The Labute approximate surface area is 105 Å². The van der Waals surface area contributed by atoms with Gasteiger partial charge in [0.1, 0.15) is 12.2 Å². The van der Waals surface area contributed by atoms with Crippen molar-refractivity contribution in [2.45, 2.75) is 6.42 Å². The van der Waals surface area contributed by atoms with Gasteiger partial charge in [-0.15, -0.1) is 0 Å². The van der Waals surface area contributed by atoms with Gasteiger partial charge in [-0.3, -0.25) is 9.59 Å². The number of carbonyl (C=O) groups is 2. The molecule has 1 rings (SSSR count). The third-order valence-electron chi connectivity index (χ3n) is 2.18. The topological polar surface area (TPSA) is 78.6 Å². The highest BCUT2D eigenvalue weighted by Gasteiger charge is 2.08. The van der Waals surface area contributed by atoms with E-state index in [4.69, 9.17) is 10.5 Å². The summed E-state index contributed by atoms with van der Waals surface area (Å²) >= 11 is 0. The number of primary amides is 1. The average Bonchev–Trinajstić information content (AvgIpc) is 2.38. The molecule has 5 nitrogen and oxygen atoms in total. The number of nitrogens with two attached hydrogens (primary N) is 1. The van der Waals surface area contributed by atoms with Gasteiger partial charge in [-0.2, -0.15) is 0 Å². The zero-order chi connectivity index (χ0) is 13.5. The van der Waals surface area contributed by atoms with E-state index in [1.165, 1.54) is 20.3 Å². The number of amides is 1. The fourth-order valence-electron chi connectivity index (χ4n) is 1.25. The zero-order valence-corrected chi connectivity index (χ0v) is 10.1. The number of esters is 1. The van der Waals surface area contributed by atoms with Crippen LogP contribution >= 0.6 is 0 Å². The lowest BCUT2D eigenvalue weighted by atomic mass is 10.1. The van der Waals surface area contributed by atoms with Gasteiger partial charge in [-0.1, -0.05) is 11.8 Å². The Hall–Kier alpha value is -2.48. The molecule has 0 atom stereocenters. The van der Waals surface area contributed by atoms with Gasteiger partial charge in [0, 0.05) is 5.56 Å². The first-order valence-corrected chi connectivity index (χ1v) is 5.12. The van der Waals surface area contributed by atoms with Crippen molar-refractivity contribution in [2.24, 2.45) is 5.73 Å². The van der Waals surface area contributed by atoms with Crippen LogP contribution in [0.4, 0.5) is 0 Å². The smallest absolute Gasteiger partial charge is 0.317 e. The molecule has 0 saturated heterocycles. The summed E-state index contributed by atoms with van der Waals surface area (Å²) in [6.45, 7) is 0. The van der Waals surface area contributed by atoms with Crippen LogP contribution in [-0.4, -0.2) is 26.1 Å². The molecule has 0 aromatic heterocycles. The van der Waals surface area contributed by atoms with Gasteiger partial charge in [0.25, 0.3) is 0 Å². The Kier molecular flexibility index (Phi) is 4.76. The minimum absolute atomic E-state index is 0.0409. The van der Waals surface area contributed by atoms with Gasteiger partial charge in [0.05, 0.1) is 19.8 Å². The SMILES string of the molecule is COC(=O)CC#Cc1ccc(OC)cc1C(N)=O. The van der Waals surface area contributed by atoms with E-state index >= 15 is 0 Å². The summed E-state index contributed by atoms with van der Waals surface area (Å²) in [5.74, 6) is 4.80. The van der Waals surface area contributed by atoms with E-state index in [1.54, 1.807) is 12.1 Å². The third kappa shape index (κ3) is 3.52. The fraction of sp³-hybridized carbons (Fsp3) is 0.231. The van der Waals surface area contributed by atoms with E-state index in [1.807, 2.05) is 0 Å². The number of hydrogen-bond acceptors (Lipinski definition) is 4. The van der Waals surface area contributed by atoms with Crippen LogP contribution in [0.5, 0.6) is 5.75 Å². The number of rotatable bonds is 3. The van der Waals surface area contributed by atoms with E-state index < -0.39 is 11.9 Å². The maximum atomic E-state index is 11.3. The predicted octanol–water partition coefficient (Wildman–Crippen LogP) is 0.709. The summed E-state index contributed by atoms with van der Waals surface area (Å²) in [6.07, 6.45) is -0.0409. The molecule has 5 heteroatoms. The molecule has 0 saturated carbocycles. The zero-order valence-electron chi connectivity index (χ0n) is 10.1. The summed E-state index contributed by atoms with van der Waals surface area (Å²) < 4.78 is 9.44. The second-order valence-electron chi connectivity index (χ2n) is 3.33. The monoisotopic (exact) mass is 247 g/mol. The molecule has 18 heavy (non-hydrogen) atoms. The quantitative estimate of drug-likeness (QED) is 0.630. The predicted molar refractivity (Wildman–Crippen MR) is 65.0 cm³/mol. The highest BCUT2D eigenvalue weighted by molar-refractivity contribution is 5.96. The number of methoxy groups -OCH3 is 2. The molecule has 0 aliphatic heterocycles. The number of carbonyl (C=O) groups excluding carboxylic acids is 2. The molecular formula is C13H13NO4. The van der Waals surface area contributed by atoms with E-state index in [2.05, 4.69) is 16.6 Å². The van der Waals surface area contributed by atoms with Crippen molar-refractivity contribution < 1.29 is 19.1 Å². The van der Waals surface area contributed by atoms with Crippen LogP contribution in [0.2, 0.25) is 0 Å². The Bertz CT molecular complexity index is 526. The third-order valence-corrected chi connectivity index (χ3v) is 2.18. The van der Waals surface area contributed by atoms with E-state index in [0.717, 1.165) is 0 Å². The minimum atomic E-state index is -0.601. The standard InChI is InChI=1S/C13H13NO4/c1-17-10-7-6-9(11(8-10)13(14)16)4-3-5-12(15)18-2/h6-8H,5H2,1-2H3,(H2,14,16). The maximum Gasteiger partial charge on any atom is 0.317 e. The van der Waals surface area contributed by atoms with Gasteiger partial charge >= 0.3 is 5.97 Å². The molecule has 1 aromatic rings. The number of hydrogen-bond donors (Lipinski definition) is 1. The Balaban J connectivity index is 3.01. The van der Waals surface area contributed by atoms with Crippen LogP contribution in [0.25, 0.3) is 0 Å². The Morgan fingerprint density at radius 1 is 1.33 bits per heavy atom. The van der Waals surface area contributed by atoms with Crippen molar-refractivity contribution in [3.05, 3.63) is 29.3 Å². The maximum absolute atomic E-state index is 11.3. The van der Waals surface area contributed by atoms with E-state index in [0.29, 0.717) is 11.3 Å². The lowest BCUT2D eigenvalue weighted by molar-refractivity contribution is -0.139. The molecule has 1 aromatic carbocycles. The van der Waals surface area contributed by atoms with Crippen LogP contribution in [-0.2, 0) is 9.53 Å². The van der Waals surface area contributed by atoms with Crippen LogP contribution < -0.4 is 10.5 Å². The lowest BCUT2D eigenvalue weighted by Gasteiger charge is -2.03. The molecule has 0 aliphatic rings. The van der Waals surface area contributed by atoms with Gasteiger partial charge < -0.3 is 15.2 Å². The highest BCUT2D eigenvalue weighted by atomic mass is 16.5. The van der Waals surface area contributed by atoms with Crippen molar-refractivity contribution >= 4 is 11.9 Å². The number of benzene rings is 1. The molecule has 0 aliphatic carbocycles. The summed E-state index contributed by atoms with van der Waals surface area (Å²) in [7, 11) is 2.77. The molecule has 0 radical (unpaired) electrons. The van der Waals surface area contributed by atoms with Crippen LogP contribution in [0, 0.1) is 11.8 Å². The molecule has 0 heterocycles. The Morgan fingerprint density at radius 3 is 2.61 bits per heavy atom. The van der Waals surface area contributed by atoms with Crippen molar-refractivity contribution in [1.29, 1.82) is 0 Å². The van der Waals surface area contributed by atoms with Crippen molar-refractivity contribution in [3.8, 4) is 17.6 Å². The first-order valence-electron chi connectivity index (χ1n) is 5.12. The number of ether oxygens (including phenoxy) is 2. The van der Waals surface area contributed by atoms with Gasteiger partial charge in [0.2, 0.25) is 5.91 Å². The first kappa shape index (κ1) is 13.6. The van der Waals surface area contributed by atoms with Gasteiger partial charge in [0.15, 0.2) is 0 Å². The van der Waals surface area contributed by atoms with Crippen molar-refractivity contribution in [3.63, 3.8) is 0 Å². The summed E-state index contributed by atoms with van der Waals surface area (Å²) in [5, 5.41) is 0. The summed E-state index contributed by atoms with van der Waals surface area (Å²) in [5.41, 5.74) is 5.95. The molecule has 0 fully saturated rings. The first-order chi connectivity index (χ1) is 8.58. The normalized spacial score (nSPS) is 9.00. The van der Waals surface area contributed by atoms with Gasteiger partial charge in [-0.05, 0) is 18.2 Å². The molecule has 0 spiro atoms. The molecule has 94 valence electrons. The van der Waals surface area contributed by atoms with E-state index in [9.17, 15) is 9.59 Å². The molecule has 1 amide bonds. The molecule has 0 unspecified atom stereocenters. The minimum Gasteiger partial charge on any atom is -0.497 e.